The van der Waals surface area contributed by atoms with Crippen LogP contribution in [0.15, 0.2) is 54.6 Å². The van der Waals surface area contributed by atoms with E-state index in [1.54, 1.807) is 0 Å². The fourth-order valence-electron chi connectivity index (χ4n) is 7.00. The zero-order valence-corrected chi connectivity index (χ0v) is 30.5. The van der Waals surface area contributed by atoms with Gasteiger partial charge in [-0.05, 0) is 107 Å². The molecule has 0 N–H and O–H groups in total. The number of rotatable bonds is 15. The second-order valence-electron chi connectivity index (χ2n) is 14.7. The van der Waals surface area contributed by atoms with E-state index in [1.807, 2.05) is 0 Å². The van der Waals surface area contributed by atoms with Gasteiger partial charge in [-0.1, -0.05) is 54.6 Å². The topological polar surface area (TPSA) is 61.8 Å². The summed E-state index contributed by atoms with van der Waals surface area (Å²) < 4.78 is 17.3. The molecule has 0 radical (unpaired) electrons. The van der Waals surface area contributed by atoms with Gasteiger partial charge in [-0.15, -0.1) is 0 Å². The highest BCUT2D eigenvalue weighted by Gasteiger charge is 2.34. The fraction of sp³-hybridized carbons (Fsp3) is 0.512. The predicted octanol–water partition coefficient (Wildman–Crippen LogP) is 8.32. The molecule has 3 aromatic carbocycles. The van der Waals surface area contributed by atoms with Crippen LogP contribution >= 0.6 is 0 Å². The summed E-state index contributed by atoms with van der Waals surface area (Å²) in [4.78, 5) is 25.2. The van der Waals surface area contributed by atoms with E-state index in [9.17, 15) is 9.59 Å². The van der Waals surface area contributed by atoms with Crippen LogP contribution in [0.3, 0.4) is 0 Å². The number of carbonyl (C=O) groups excluding carboxylic acids is 2. The second-order valence-corrected chi connectivity index (χ2v) is 14.7. The lowest BCUT2D eigenvalue weighted by Crippen LogP contribution is -2.53. The van der Waals surface area contributed by atoms with E-state index in [4.69, 9.17) is 14.2 Å². The van der Waals surface area contributed by atoms with Gasteiger partial charge in [0.25, 0.3) is 0 Å². The lowest BCUT2D eigenvalue weighted by Gasteiger charge is -2.40. The number of aryl methyl sites for hydroxylation is 6. The van der Waals surface area contributed by atoms with E-state index in [-0.39, 0.29) is 19.1 Å². The summed E-state index contributed by atoms with van der Waals surface area (Å²) in [5.41, 5.74) is 11.7. The van der Waals surface area contributed by atoms with Crippen LogP contribution in [0.4, 0.5) is 4.79 Å². The summed E-state index contributed by atoms with van der Waals surface area (Å²) in [5, 5.41) is 0. The first-order valence-corrected chi connectivity index (χ1v) is 17.7. The molecule has 4 rings (SSSR count). The second kappa shape index (κ2) is 17.1. The zero-order chi connectivity index (χ0) is 34.7. The van der Waals surface area contributed by atoms with E-state index < -0.39 is 12.9 Å². The summed E-state index contributed by atoms with van der Waals surface area (Å²) in [7, 11) is 2.31. The van der Waals surface area contributed by atoms with Crippen molar-refractivity contribution in [3.63, 3.8) is 0 Å². The molecule has 1 saturated heterocycles. The van der Waals surface area contributed by atoms with Crippen LogP contribution < -0.4 is 0 Å². The molecule has 0 atom stereocenters. The van der Waals surface area contributed by atoms with Crippen LogP contribution in [0.25, 0.3) is 0 Å². The van der Waals surface area contributed by atoms with Crippen LogP contribution in [0, 0.1) is 41.5 Å². The minimum Gasteiger partial charge on any atom is -0.434 e. The van der Waals surface area contributed by atoms with Crippen LogP contribution in [-0.4, -0.2) is 67.7 Å². The Labute approximate surface area is 289 Å². The number of piperidine rings is 1. The van der Waals surface area contributed by atoms with Crippen LogP contribution in [-0.2, 0) is 38.6 Å². The van der Waals surface area contributed by atoms with Crippen molar-refractivity contribution in [3.05, 3.63) is 105 Å². The van der Waals surface area contributed by atoms with Crippen LogP contribution in [0.2, 0.25) is 0 Å². The average molecular weight is 659 g/mol. The molecule has 0 saturated carbocycles. The smallest absolute Gasteiger partial charge is 0.434 e. The van der Waals surface area contributed by atoms with Crippen molar-refractivity contribution >= 4 is 12.1 Å². The average Bonchev–Trinajstić information content (AvgIpc) is 3.03. The van der Waals surface area contributed by atoms with Crippen LogP contribution in [0.1, 0.15) is 82.2 Å². The number of carbonyl (C=O) groups is 2. The van der Waals surface area contributed by atoms with Gasteiger partial charge in [0, 0.05) is 16.7 Å². The number of hydrogen-bond acceptors (Lipinski definition) is 5. The summed E-state index contributed by atoms with van der Waals surface area (Å²) in [6, 6.07) is 20.0. The third-order valence-corrected chi connectivity index (χ3v) is 10.3. The van der Waals surface area contributed by atoms with Gasteiger partial charge in [-0.3, -0.25) is 0 Å². The number of benzene rings is 3. The van der Waals surface area contributed by atoms with Crippen molar-refractivity contribution in [2.75, 3.05) is 46.6 Å². The molecule has 0 spiro atoms. The first kappa shape index (κ1) is 37.1. The van der Waals surface area contributed by atoms with Crippen molar-refractivity contribution in [2.45, 2.75) is 93.3 Å². The molecule has 0 aliphatic carbocycles. The Bertz CT molecular complexity index is 1490. The Kier molecular flexibility index (Phi) is 13.2. The first-order valence-electron chi connectivity index (χ1n) is 17.7. The van der Waals surface area contributed by atoms with Gasteiger partial charge in [0.15, 0.2) is 6.54 Å². The number of likely N-dealkylation sites (tertiary alicyclic amines) is 1. The Balaban J connectivity index is 1.21. The molecular weight excluding hydrogens is 600 g/mol. The molecular formula is C41H58N2O5+2. The summed E-state index contributed by atoms with van der Waals surface area (Å²) >= 11 is 0. The monoisotopic (exact) mass is 658 g/mol. The molecule has 48 heavy (non-hydrogen) atoms. The predicted molar refractivity (Wildman–Crippen MR) is 191 cm³/mol. The third kappa shape index (κ3) is 11.2. The highest BCUT2D eigenvalue weighted by atomic mass is 16.8. The summed E-state index contributed by atoms with van der Waals surface area (Å²) in [5.74, 6) is -0.349. The van der Waals surface area contributed by atoms with E-state index in [0.717, 1.165) is 69.4 Å². The Morgan fingerprint density at radius 1 is 0.646 bits per heavy atom. The van der Waals surface area contributed by atoms with Gasteiger partial charge in [0.2, 0.25) is 6.79 Å². The maximum Gasteiger partial charge on any atom is 0.511 e. The summed E-state index contributed by atoms with van der Waals surface area (Å²) in [6.07, 6.45) is 4.19. The van der Waals surface area contributed by atoms with Crippen molar-refractivity contribution in [3.8, 4) is 0 Å². The SMILES string of the molecule is Cc1ccc(C[N+](C)(CCCCOC(=O)OCOC(=O)C[N+]2(Cc3ccc(C)c(C)c3)CCCCC2)Cc2ccc(C)c(C)c2)cc1C. The maximum absolute atomic E-state index is 12.9. The molecule has 7 heteroatoms. The lowest BCUT2D eigenvalue weighted by atomic mass is 10.0. The van der Waals surface area contributed by atoms with Crippen molar-refractivity contribution in [1.29, 1.82) is 0 Å². The van der Waals surface area contributed by atoms with Crippen molar-refractivity contribution in [1.82, 2.24) is 0 Å². The molecule has 0 amide bonds. The largest absolute Gasteiger partial charge is 0.511 e. The molecule has 1 aliphatic heterocycles. The van der Waals surface area contributed by atoms with Gasteiger partial charge >= 0.3 is 12.1 Å². The number of unbranched alkanes of at least 4 members (excludes halogenated alkanes) is 1. The van der Waals surface area contributed by atoms with Crippen molar-refractivity contribution < 1.29 is 32.8 Å². The molecule has 0 aromatic heterocycles. The number of quaternary nitrogens is 2. The Morgan fingerprint density at radius 2 is 1.17 bits per heavy atom. The quantitative estimate of drug-likeness (QED) is 0.0712. The van der Waals surface area contributed by atoms with E-state index >= 15 is 0 Å². The van der Waals surface area contributed by atoms with Gasteiger partial charge in [-0.25, -0.2) is 9.59 Å². The lowest BCUT2D eigenvalue weighted by molar-refractivity contribution is -0.938. The van der Waals surface area contributed by atoms with E-state index in [1.165, 1.54) is 56.5 Å². The van der Waals surface area contributed by atoms with Crippen LogP contribution in [0.5, 0.6) is 0 Å². The number of nitrogens with zero attached hydrogens (tertiary/aromatic N) is 2. The summed E-state index contributed by atoms with van der Waals surface area (Å²) in [6.45, 7) is 18.5. The van der Waals surface area contributed by atoms with Gasteiger partial charge in [0.1, 0.15) is 19.6 Å². The number of ether oxygens (including phenoxy) is 3. The normalized spacial score (nSPS) is 14.4. The van der Waals surface area contributed by atoms with E-state index in [0.29, 0.717) is 4.48 Å². The van der Waals surface area contributed by atoms with Gasteiger partial charge in [0.05, 0.1) is 33.3 Å². The fourth-order valence-corrected chi connectivity index (χ4v) is 7.00. The maximum atomic E-state index is 12.9. The molecule has 260 valence electrons. The molecule has 0 bridgehead atoms. The highest BCUT2D eigenvalue weighted by molar-refractivity contribution is 5.70. The van der Waals surface area contributed by atoms with Gasteiger partial charge in [-0.2, -0.15) is 0 Å². The number of hydrogen-bond donors (Lipinski definition) is 0. The molecule has 0 unspecified atom stereocenters. The minimum absolute atomic E-state index is 0.260. The molecule has 1 heterocycles. The number of esters is 1. The molecule has 1 fully saturated rings. The third-order valence-electron chi connectivity index (χ3n) is 10.3. The Morgan fingerprint density at radius 3 is 1.71 bits per heavy atom. The van der Waals surface area contributed by atoms with Gasteiger partial charge < -0.3 is 23.2 Å². The van der Waals surface area contributed by atoms with Crippen molar-refractivity contribution in [2.24, 2.45) is 0 Å². The first-order chi connectivity index (χ1) is 22.9. The highest BCUT2D eigenvalue weighted by Crippen LogP contribution is 2.25. The molecule has 7 nitrogen and oxygen atoms in total. The molecule has 1 aliphatic rings. The zero-order valence-electron chi connectivity index (χ0n) is 30.5. The minimum atomic E-state index is -0.803. The standard InChI is InChI=1S/C41H58N2O5/c1-31-13-16-37(23-34(31)4)26-42(7,27-38-17-14-32(2)35(5)24-38)19-11-12-22-46-41(45)48-30-47-40(44)29-43(20-9-8-10-21-43)28-39-18-15-33(3)36(6)25-39/h13-18,23-25H,8-12,19-22,26-30H2,1-7H3/q+2. The van der Waals surface area contributed by atoms with E-state index in [2.05, 4.69) is 103 Å². The Hall–Kier alpha value is -3.68. The molecule has 3 aromatic rings.